The summed E-state index contributed by atoms with van der Waals surface area (Å²) < 4.78 is 0. The number of hydrogen-bond donors (Lipinski definition) is 4. The van der Waals surface area contributed by atoms with E-state index in [4.69, 9.17) is 5.73 Å². The first-order valence-electron chi connectivity index (χ1n) is 12.2. The molecule has 3 amide bonds. The summed E-state index contributed by atoms with van der Waals surface area (Å²) in [6.45, 7) is 4.24. The summed E-state index contributed by atoms with van der Waals surface area (Å²) in [5.41, 5.74) is 6.94. The number of nitrogens with one attached hydrogen (secondary N) is 1. The highest BCUT2D eigenvalue weighted by Crippen LogP contribution is 2.26. The molecule has 10 nitrogen and oxygen atoms in total. The SMILES string of the molecule is CC(C)[C@H](NC(=O)[C@H](O)[C@H](N)Cc1ccccc1)C(=O)N1CCC[C@H]1C(=O)N1CCC[C@@H]1C(=O)O. The van der Waals surface area contributed by atoms with Crippen molar-refractivity contribution in [1.82, 2.24) is 15.1 Å². The van der Waals surface area contributed by atoms with Gasteiger partial charge in [0.1, 0.15) is 24.2 Å². The summed E-state index contributed by atoms with van der Waals surface area (Å²) >= 11 is 0. The van der Waals surface area contributed by atoms with Gasteiger partial charge in [-0.3, -0.25) is 14.4 Å². The number of likely N-dealkylation sites (tertiary alicyclic amines) is 2. The number of carbonyl (C=O) groups is 4. The summed E-state index contributed by atoms with van der Waals surface area (Å²) in [5.74, 6) is -2.87. The largest absolute Gasteiger partial charge is 0.480 e. The van der Waals surface area contributed by atoms with E-state index in [1.54, 1.807) is 13.8 Å². The Labute approximate surface area is 205 Å². The molecule has 5 N–H and O–H groups in total. The molecule has 2 heterocycles. The van der Waals surface area contributed by atoms with E-state index in [1.165, 1.54) is 9.80 Å². The molecular weight excluding hydrogens is 452 g/mol. The fraction of sp³-hybridized carbons (Fsp3) is 0.600. The van der Waals surface area contributed by atoms with Gasteiger partial charge in [0, 0.05) is 19.1 Å². The van der Waals surface area contributed by atoms with Gasteiger partial charge in [-0.2, -0.15) is 0 Å². The van der Waals surface area contributed by atoms with Crippen LogP contribution in [0.1, 0.15) is 45.1 Å². The lowest BCUT2D eigenvalue weighted by Gasteiger charge is -2.33. The predicted molar refractivity (Wildman–Crippen MR) is 128 cm³/mol. The van der Waals surface area contributed by atoms with Crippen LogP contribution in [-0.2, 0) is 25.6 Å². The van der Waals surface area contributed by atoms with Crippen LogP contribution in [0.2, 0.25) is 0 Å². The summed E-state index contributed by atoms with van der Waals surface area (Å²) in [5, 5.41) is 22.6. The van der Waals surface area contributed by atoms with Crippen molar-refractivity contribution in [2.24, 2.45) is 11.7 Å². The molecule has 1 aromatic carbocycles. The molecule has 5 atom stereocenters. The molecule has 1 aromatic rings. The minimum atomic E-state index is -1.51. The van der Waals surface area contributed by atoms with Crippen molar-refractivity contribution in [3.05, 3.63) is 35.9 Å². The molecule has 2 aliphatic rings. The standard InChI is InChI=1S/C25H36N4O6/c1-15(2)20(27-22(31)21(30)17(26)14-16-8-4-3-5-9-16)24(33)28-12-6-10-18(28)23(32)29-13-7-11-19(29)25(34)35/h3-5,8-9,15,17-21,30H,6-7,10-14,26H2,1-2H3,(H,27,31)(H,34,35)/t17-,18+,19-,20+,21-/m1/s1. The van der Waals surface area contributed by atoms with Crippen molar-refractivity contribution in [3.8, 4) is 0 Å². The lowest BCUT2D eigenvalue weighted by molar-refractivity contribution is -0.152. The number of amides is 3. The number of carboxylic acids is 1. The summed E-state index contributed by atoms with van der Waals surface area (Å²) in [6, 6.07) is 5.81. The van der Waals surface area contributed by atoms with E-state index < -0.39 is 48.1 Å². The first kappa shape index (κ1) is 26.6. The Bertz CT molecular complexity index is 924. The number of carbonyl (C=O) groups excluding carboxylic acids is 3. The van der Waals surface area contributed by atoms with E-state index in [1.807, 2.05) is 30.3 Å². The molecule has 0 spiro atoms. The maximum absolute atomic E-state index is 13.5. The molecule has 3 rings (SSSR count). The number of aliphatic hydroxyl groups is 1. The van der Waals surface area contributed by atoms with Crippen LogP contribution in [0.25, 0.3) is 0 Å². The highest BCUT2D eigenvalue weighted by Gasteiger charge is 2.44. The van der Waals surface area contributed by atoms with Gasteiger partial charge in [-0.15, -0.1) is 0 Å². The Morgan fingerprint density at radius 1 is 1.03 bits per heavy atom. The molecule has 2 fully saturated rings. The Kier molecular flexibility index (Phi) is 8.85. The fourth-order valence-electron chi connectivity index (χ4n) is 4.89. The molecular formula is C25H36N4O6. The van der Waals surface area contributed by atoms with Gasteiger partial charge in [-0.25, -0.2) is 4.79 Å². The first-order valence-corrected chi connectivity index (χ1v) is 12.2. The van der Waals surface area contributed by atoms with Crippen molar-refractivity contribution in [2.75, 3.05) is 13.1 Å². The number of nitrogens with zero attached hydrogens (tertiary/aromatic N) is 2. The average molecular weight is 489 g/mol. The number of benzene rings is 1. The van der Waals surface area contributed by atoms with Gasteiger partial charge in [0.15, 0.2) is 0 Å². The Hall–Kier alpha value is -2.98. The third kappa shape index (κ3) is 6.18. The van der Waals surface area contributed by atoms with E-state index >= 15 is 0 Å². The van der Waals surface area contributed by atoms with Crippen molar-refractivity contribution in [3.63, 3.8) is 0 Å². The van der Waals surface area contributed by atoms with E-state index in [0.29, 0.717) is 45.2 Å². The average Bonchev–Trinajstić information content (AvgIpc) is 3.51. The van der Waals surface area contributed by atoms with Gasteiger partial charge in [-0.1, -0.05) is 44.2 Å². The van der Waals surface area contributed by atoms with Crippen molar-refractivity contribution in [2.45, 2.75) is 76.2 Å². The lowest BCUT2D eigenvalue weighted by Crippen LogP contribution is -2.59. The number of hydrogen-bond acceptors (Lipinski definition) is 6. The number of aliphatic carboxylic acids is 1. The van der Waals surface area contributed by atoms with Crippen molar-refractivity contribution < 1.29 is 29.4 Å². The van der Waals surface area contributed by atoms with Crippen molar-refractivity contribution in [1.29, 1.82) is 0 Å². The summed E-state index contributed by atoms with van der Waals surface area (Å²) in [7, 11) is 0. The van der Waals surface area contributed by atoms with E-state index in [2.05, 4.69) is 5.32 Å². The zero-order valence-electron chi connectivity index (χ0n) is 20.3. The molecule has 35 heavy (non-hydrogen) atoms. The zero-order valence-corrected chi connectivity index (χ0v) is 20.3. The van der Waals surface area contributed by atoms with Crippen LogP contribution in [0.5, 0.6) is 0 Å². The van der Waals surface area contributed by atoms with Gasteiger partial charge in [-0.05, 0) is 43.6 Å². The lowest BCUT2D eigenvalue weighted by atomic mass is 9.99. The molecule has 0 unspecified atom stereocenters. The minimum absolute atomic E-state index is 0.291. The second-order valence-electron chi connectivity index (χ2n) is 9.75. The van der Waals surface area contributed by atoms with E-state index in [9.17, 15) is 29.4 Å². The monoisotopic (exact) mass is 488 g/mol. The maximum atomic E-state index is 13.5. The Morgan fingerprint density at radius 2 is 1.63 bits per heavy atom. The quantitative estimate of drug-likeness (QED) is 0.385. The van der Waals surface area contributed by atoms with Crippen LogP contribution in [0.3, 0.4) is 0 Å². The number of nitrogens with two attached hydrogens (primary N) is 1. The molecule has 0 saturated carbocycles. The van der Waals surface area contributed by atoms with Gasteiger partial charge in [0.05, 0.1) is 0 Å². The summed E-state index contributed by atoms with van der Waals surface area (Å²) in [4.78, 5) is 53.8. The topological polar surface area (TPSA) is 153 Å². The minimum Gasteiger partial charge on any atom is -0.480 e. The maximum Gasteiger partial charge on any atom is 0.326 e. The predicted octanol–water partition coefficient (Wildman–Crippen LogP) is 0.125. The molecule has 192 valence electrons. The molecule has 0 radical (unpaired) electrons. The van der Waals surface area contributed by atoms with Crippen LogP contribution in [-0.4, -0.2) is 87.1 Å². The third-order valence-electron chi connectivity index (χ3n) is 6.86. The van der Waals surface area contributed by atoms with Gasteiger partial charge >= 0.3 is 5.97 Å². The first-order chi connectivity index (χ1) is 16.6. The van der Waals surface area contributed by atoms with Crippen LogP contribution in [0.15, 0.2) is 30.3 Å². The Morgan fingerprint density at radius 3 is 2.23 bits per heavy atom. The number of carboxylic acid groups (broad SMARTS) is 1. The molecule has 2 saturated heterocycles. The number of rotatable bonds is 9. The van der Waals surface area contributed by atoms with Crippen LogP contribution >= 0.6 is 0 Å². The normalized spacial score (nSPS) is 22.7. The molecule has 0 aliphatic carbocycles. The van der Waals surface area contributed by atoms with Gasteiger partial charge in [0.25, 0.3) is 5.91 Å². The highest BCUT2D eigenvalue weighted by atomic mass is 16.4. The van der Waals surface area contributed by atoms with E-state index in [0.717, 1.165) is 5.56 Å². The van der Waals surface area contributed by atoms with Crippen LogP contribution < -0.4 is 11.1 Å². The second-order valence-corrected chi connectivity index (χ2v) is 9.75. The molecule has 0 aromatic heterocycles. The Balaban J connectivity index is 1.67. The van der Waals surface area contributed by atoms with Crippen molar-refractivity contribution >= 4 is 23.7 Å². The van der Waals surface area contributed by atoms with E-state index in [-0.39, 0.29) is 11.8 Å². The zero-order chi connectivity index (χ0) is 25.7. The van der Waals surface area contributed by atoms with Crippen LogP contribution in [0.4, 0.5) is 0 Å². The van der Waals surface area contributed by atoms with Crippen LogP contribution in [0, 0.1) is 5.92 Å². The van der Waals surface area contributed by atoms with Gasteiger partial charge in [0.2, 0.25) is 11.8 Å². The summed E-state index contributed by atoms with van der Waals surface area (Å²) in [6.07, 6.45) is 0.830. The highest BCUT2D eigenvalue weighted by molar-refractivity contribution is 5.94. The number of aliphatic hydroxyl groups excluding tert-OH is 1. The third-order valence-corrected chi connectivity index (χ3v) is 6.86. The molecule has 2 aliphatic heterocycles. The smallest absolute Gasteiger partial charge is 0.326 e. The molecule has 10 heteroatoms. The molecule has 0 bridgehead atoms. The fourth-order valence-corrected chi connectivity index (χ4v) is 4.89. The van der Waals surface area contributed by atoms with Gasteiger partial charge < -0.3 is 31.1 Å². The second kappa shape index (κ2) is 11.6.